The van der Waals surface area contributed by atoms with Crippen molar-refractivity contribution in [3.8, 4) is 11.1 Å². The lowest BCUT2D eigenvalue weighted by Gasteiger charge is -2.48. The summed E-state index contributed by atoms with van der Waals surface area (Å²) >= 11 is 0. The second kappa shape index (κ2) is 12.9. The number of hydrogen-bond acceptors (Lipinski definition) is 3. The number of fused-ring (bicyclic) bond motifs is 7. The maximum absolute atomic E-state index is 5.72. The highest BCUT2D eigenvalue weighted by molar-refractivity contribution is 6.13. The van der Waals surface area contributed by atoms with Crippen LogP contribution in [0.4, 0.5) is 0 Å². The van der Waals surface area contributed by atoms with Crippen LogP contribution in [0.25, 0.3) is 45.0 Å². The van der Waals surface area contributed by atoms with Crippen LogP contribution in [0.1, 0.15) is 113 Å². The van der Waals surface area contributed by atoms with Crippen LogP contribution in [0.3, 0.4) is 0 Å². The Bertz CT molecular complexity index is 2570. The molecule has 276 valence electrons. The summed E-state index contributed by atoms with van der Waals surface area (Å²) in [6, 6.07) is 26.9. The van der Waals surface area contributed by atoms with Crippen LogP contribution >= 0.6 is 0 Å². The second-order valence-corrected chi connectivity index (χ2v) is 17.6. The summed E-state index contributed by atoms with van der Waals surface area (Å²) in [6.07, 6.45) is 21.9. The van der Waals surface area contributed by atoms with Crippen LogP contribution in [0, 0.1) is 17.3 Å². The molecular formula is C51H52N4. The van der Waals surface area contributed by atoms with Gasteiger partial charge in [-0.05, 0) is 113 Å². The first-order valence-electron chi connectivity index (χ1n) is 20.6. The molecule has 1 aliphatic heterocycles. The lowest BCUT2D eigenvalue weighted by molar-refractivity contribution is 0.166. The van der Waals surface area contributed by atoms with Crippen molar-refractivity contribution in [3.05, 3.63) is 148 Å². The van der Waals surface area contributed by atoms with E-state index in [1.807, 2.05) is 0 Å². The van der Waals surface area contributed by atoms with Crippen molar-refractivity contribution in [2.24, 2.45) is 22.2 Å². The third-order valence-electron chi connectivity index (χ3n) is 13.6. The van der Waals surface area contributed by atoms with E-state index in [0.717, 1.165) is 49.0 Å². The van der Waals surface area contributed by atoms with Crippen molar-refractivity contribution >= 4 is 39.8 Å². The molecule has 4 nitrogen and oxygen atoms in total. The molecule has 0 saturated heterocycles. The minimum Gasteiger partial charge on any atom is -0.335 e. The number of aromatic nitrogens is 2. The average Bonchev–Trinajstić information content (AvgIpc) is 3.53. The fourth-order valence-corrected chi connectivity index (χ4v) is 10.9. The number of aliphatic imine (C=N–C) groups is 1. The van der Waals surface area contributed by atoms with Gasteiger partial charge in [0.25, 0.3) is 0 Å². The van der Waals surface area contributed by atoms with Crippen molar-refractivity contribution in [2.45, 2.75) is 84.6 Å². The zero-order valence-electron chi connectivity index (χ0n) is 33.2. The third kappa shape index (κ3) is 5.31. The average molecular weight is 721 g/mol. The number of rotatable bonds is 3. The smallest absolute Gasteiger partial charge is 0.211 e. The quantitative estimate of drug-likeness (QED) is 0.186. The minimum atomic E-state index is -0.265. The topological polar surface area (TPSA) is 33.4 Å². The summed E-state index contributed by atoms with van der Waals surface area (Å²) in [5, 5.41) is 3.98. The summed E-state index contributed by atoms with van der Waals surface area (Å²) < 4.78 is 2.52. The molecule has 0 N–H and O–H groups in total. The SMILES string of the molecule is CC1CC=C(C2=Cc3c(c4c5ccccc5ccc4n3C3=NC4=CC=CCC4(C)C(c4cc(-c5ccccc5)c5c(n4)C(C)CC=C5)N3C)C(C)C2)C(C)C1. The Labute approximate surface area is 326 Å². The number of benzene rings is 3. The van der Waals surface area contributed by atoms with Crippen LogP contribution in [0.2, 0.25) is 0 Å². The highest BCUT2D eigenvalue weighted by atomic mass is 15.4. The zero-order chi connectivity index (χ0) is 37.6. The molecule has 0 bridgehead atoms. The molecule has 0 spiro atoms. The van der Waals surface area contributed by atoms with Gasteiger partial charge < -0.3 is 4.90 Å². The molecule has 0 radical (unpaired) electrons. The molecular weight excluding hydrogens is 669 g/mol. The molecule has 6 unspecified atom stereocenters. The maximum Gasteiger partial charge on any atom is 0.211 e. The fraction of sp³-hybridized carbons (Fsp3) is 0.333. The predicted molar refractivity (Wildman–Crippen MR) is 231 cm³/mol. The molecule has 4 heteroatoms. The molecule has 2 aromatic heterocycles. The Morgan fingerprint density at radius 1 is 0.855 bits per heavy atom. The lowest BCUT2D eigenvalue weighted by Crippen LogP contribution is -2.49. The van der Waals surface area contributed by atoms with Gasteiger partial charge in [0.2, 0.25) is 5.96 Å². The van der Waals surface area contributed by atoms with Gasteiger partial charge in [-0.25, -0.2) is 4.99 Å². The number of allylic oxidation sites excluding steroid dienone is 7. The van der Waals surface area contributed by atoms with Gasteiger partial charge in [-0.2, -0.15) is 0 Å². The van der Waals surface area contributed by atoms with Crippen LogP contribution in [-0.4, -0.2) is 27.5 Å². The van der Waals surface area contributed by atoms with E-state index in [1.54, 1.807) is 5.57 Å². The normalized spacial score (nSPS) is 27.2. The highest BCUT2D eigenvalue weighted by Crippen LogP contribution is 2.54. The Kier molecular flexibility index (Phi) is 8.06. The number of nitrogens with zero attached hydrogens (tertiary/aromatic N) is 4. The highest BCUT2D eigenvalue weighted by Gasteiger charge is 2.48. The second-order valence-electron chi connectivity index (χ2n) is 17.6. The van der Waals surface area contributed by atoms with Crippen molar-refractivity contribution in [3.63, 3.8) is 0 Å². The molecule has 55 heavy (non-hydrogen) atoms. The van der Waals surface area contributed by atoms with Gasteiger partial charge in [-0.3, -0.25) is 9.55 Å². The van der Waals surface area contributed by atoms with Gasteiger partial charge in [0.15, 0.2) is 0 Å². The van der Waals surface area contributed by atoms with E-state index >= 15 is 0 Å². The van der Waals surface area contributed by atoms with Crippen molar-refractivity contribution in [1.82, 2.24) is 14.5 Å². The molecule has 0 fully saturated rings. The van der Waals surface area contributed by atoms with E-state index < -0.39 is 0 Å². The molecule has 6 atom stereocenters. The van der Waals surface area contributed by atoms with E-state index in [4.69, 9.17) is 9.98 Å². The first-order valence-corrected chi connectivity index (χ1v) is 20.6. The molecule has 0 saturated carbocycles. The summed E-state index contributed by atoms with van der Waals surface area (Å²) in [4.78, 5) is 13.9. The van der Waals surface area contributed by atoms with Gasteiger partial charge in [0.1, 0.15) is 0 Å². The lowest BCUT2D eigenvalue weighted by atomic mass is 9.71. The van der Waals surface area contributed by atoms with Crippen LogP contribution in [-0.2, 0) is 0 Å². The van der Waals surface area contributed by atoms with Crippen molar-refractivity contribution < 1.29 is 0 Å². The number of pyridine rings is 1. The third-order valence-corrected chi connectivity index (χ3v) is 13.6. The largest absolute Gasteiger partial charge is 0.335 e. The van der Waals surface area contributed by atoms with Crippen molar-refractivity contribution in [2.75, 3.05) is 7.05 Å². The Balaban J connectivity index is 1.23. The van der Waals surface area contributed by atoms with Crippen LogP contribution < -0.4 is 0 Å². The Morgan fingerprint density at radius 3 is 2.51 bits per heavy atom. The maximum atomic E-state index is 5.72. The molecule has 5 aromatic rings. The first kappa shape index (κ1) is 34.3. The van der Waals surface area contributed by atoms with E-state index in [0.29, 0.717) is 17.8 Å². The van der Waals surface area contributed by atoms with Gasteiger partial charge in [-0.15, -0.1) is 0 Å². The molecule has 4 aliphatic carbocycles. The summed E-state index contributed by atoms with van der Waals surface area (Å²) in [5.74, 6) is 2.99. The predicted octanol–water partition coefficient (Wildman–Crippen LogP) is 13.0. The monoisotopic (exact) mass is 720 g/mol. The standard InChI is InChI=1S/C51H52N4/c1-31-22-24-38(33(3)27-31)37-28-34(4)46-44(29-37)55(43-25-23-36-18-10-11-19-39(36)47(43)46)50-53-45-21-12-13-26-51(45,5)49(54(50)6)42-30-41(35-16-8-7-9-17-35)40-20-14-15-32(2)48(40)52-42/h7-14,16-21,23-25,29-34,49H,15,22,26-28H2,1-6H3. The fourth-order valence-electron chi connectivity index (χ4n) is 10.9. The van der Waals surface area contributed by atoms with E-state index in [9.17, 15) is 0 Å². The Morgan fingerprint density at radius 2 is 1.67 bits per heavy atom. The molecule has 0 amide bonds. The van der Waals surface area contributed by atoms with E-state index in [1.165, 1.54) is 67.3 Å². The van der Waals surface area contributed by atoms with Gasteiger partial charge in [0.05, 0.1) is 34.3 Å². The summed E-state index contributed by atoms with van der Waals surface area (Å²) in [5.41, 5.74) is 14.0. The molecule has 3 aromatic carbocycles. The van der Waals surface area contributed by atoms with Crippen LogP contribution in [0.15, 0.2) is 125 Å². The van der Waals surface area contributed by atoms with Gasteiger partial charge in [-0.1, -0.05) is 126 Å². The summed E-state index contributed by atoms with van der Waals surface area (Å²) in [7, 11) is 2.28. The first-order chi connectivity index (χ1) is 26.7. The molecule has 10 rings (SSSR count). The van der Waals surface area contributed by atoms with Gasteiger partial charge in [0, 0.05) is 29.3 Å². The van der Waals surface area contributed by atoms with E-state index in [-0.39, 0.29) is 11.5 Å². The Hall–Kier alpha value is -5.22. The minimum absolute atomic E-state index is 0.0392. The summed E-state index contributed by atoms with van der Waals surface area (Å²) in [6.45, 7) is 12.0. The van der Waals surface area contributed by atoms with Crippen molar-refractivity contribution in [1.29, 1.82) is 0 Å². The van der Waals surface area contributed by atoms with E-state index in [2.05, 4.69) is 166 Å². The number of hydrogen-bond donors (Lipinski definition) is 0. The molecule has 5 aliphatic rings. The zero-order valence-corrected chi connectivity index (χ0v) is 33.2. The van der Waals surface area contributed by atoms with Crippen LogP contribution in [0.5, 0.6) is 0 Å². The molecule has 3 heterocycles. The van der Waals surface area contributed by atoms with Gasteiger partial charge >= 0.3 is 0 Å².